The predicted octanol–water partition coefficient (Wildman–Crippen LogP) is 1.23. The molecule has 0 fully saturated rings. The summed E-state index contributed by atoms with van der Waals surface area (Å²) in [5, 5.41) is 10.4. The van der Waals surface area contributed by atoms with E-state index in [1.165, 1.54) is 0 Å². The zero-order valence-corrected chi connectivity index (χ0v) is 6.75. The Morgan fingerprint density at radius 1 is 1.43 bits per heavy atom. The van der Waals surface area contributed by atoms with E-state index in [2.05, 4.69) is 0 Å². The first-order valence-electron chi connectivity index (χ1n) is 3.48. The van der Waals surface area contributed by atoms with Gasteiger partial charge in [-0.2, -0.15) is 0 Å². The number of carbonyl (C=O) groups is 2. The van der Waals surface area contributed by atoms with Gasteiger partial charge in [-0.1, -0.05) is 0 Å². The number of benzene rings is 1. The van der Waals surface area contributed by atoms with Crippen molar-refractivity contribution in [1.29, 1.82) is 0 Å². The fraction of sp³-hybridized carbons (Fsp3) is 0. The first-order chi connectivity index (χ1) is 6.56. The van der Waals surface area contributed by atoms with Crippen molar-refractivity contribution in [3.8, 4) is 0 Å². The molecule has 1 aromatic rings. The minimum atomic E-state index is -1.58. The van der Waals surface area contributed by atoms with Gasteiger partial charge in [0.25, 0.3) is 0 Å². The summed E-state index contributed by atoms with van der Waals surface area (Å²) in [6.07, 6.45) is 0.140. The molecule has 0 unspecified atom stereocenters. The molecule has 0 bridgehead atoms. The minimum absolute atomic E-state index is 0.140. The molecule has 0 atom stereocenters. The van der Waals surface area contributed by atoms with Gasteiger partial charge in [0.2, 0.25) is 6.41 Å². The molecule has 0 heterocycles. The van der Waals surface area contributed by atoms with Gasteiger partial charge in [-0.25, -0.2) is 13.6 Å². The lowest BCUT2D eigenvalue weighted by atomic mass is 10.1. The van der Waals surface area contributed by atoms with Crippen molar-refractivity contribution in [1.82, 2.24) is 0 Å². The van der Waals surface area contributed by atoms with E-state index < -0.39 is 28.9 Å². The third-order valence-corrected chi connectivity index (χ3v) is 1.48. The number of aromatic carboxylic acids is 1. The first-order valence-corrected chi connectivity index (χ1v) is 3.48. The quantitative estimate of drug-likeness (QED) is 0.723. The molecule has 0 radical (unpaired) electrons. The summed E-state index contributed by atoms with van der Waals surface area (Å²) in [6.45, 7) is 0. The molecule has 74 valence electrons. The monoisotopic (exact) mass is 201 g/mol. The maximum atomic E-state index is 12.9. The van der Waals surface area contributed by atoms with Crippen LogP contribution < -0.4 is 5.32 Å². The molecular formula is C8H5F2NO3. The molecule has 0 saturated carbocycles. The Morgan fingerprint density at radius 2 is 2.07 bits per heavy atom. The number of carbonyl (C=O) groups excluding carboxylic acids is 1. The highest BCUT2D eigenvalue weighted by Crippen LogP contribution is 2.20. The van der Waals surface area contributed by atoms with Crippen LogP contribution in [0.4, 0.5) is 14.5 Å². The average molecular weight is 201 g/mol. The van der Waals surface area contributed by atoms with Crippen LogP contribution >= 0.6 is 0 Å². The summed E-state index contributed by atoms with van der Waals surface area (Å²) < 4.78 is 25.5. The molecule has 0 aromatic heterocycles. The lowest BCUT2D eigenvalue weighted by molar-refractivity contribution is -0.105. The summed E-state index contributed by atoms with van der Waals surface area (Å²) in [5.74, 6) is -3.77. The summed E-state index contributed by atoms with van der Waals surface area (Å²) in [7, 11) is 0. The van der Waals surface area contributed by atoms with Gasteiger partial charge in [0.15, 0.2) is 0 Å². The standard InChI is InChI=1S/C8H5F2NO3/c9-4-1-5(10)7(8(13)14)6(2-4)11-3-12/h1-3H,(H,11,12)(H,13,14). The highest BCUT2D eigenvalue weighted by molar-refractivity contribution is 5.96. The average Bonchev–Trinajstić information content (AvgIpc) is 2.01. The molecule has 6 heteroatoms. The van der Waals surface area contributed by atoms with E-state index in [4.69, 9.17) is 5.11 Å². The third kappa shape index (κ3) is 1.85. The summed E-state index contributed by atoms with van der Waals surface area (Å²) in [6, 6.07) is 1.15. The van der Waals surface area contributed by atoms with E-state index in [0.29, 0.717) is 6.07 Å². The van der Waals surface area contributed by atoms with Crippen molar-refractivity contribution in [2.24, 2.45) is 0 Å². The molecule has 14 heavy (non-hydrogen) atoms. The van der Waals surface area contributed by atoms with Gasteiger partial charge in [0.1, 0.15) is 17.2 Å². The Morgan fingerprint density at radius 3 is 2.57 bits per heavy atom. The van der Waals surface area contributed by atoms with Crippen molar-refractivity contribution in [2.45, 2.75) is 0 Å². The van der Waals surface area contributed by atoms with Gasteiger partial charge in [-0.05, 0) is 6.07 Å². The predicted molar refractivity (Wildman–Crippen MR) is 43.0 cm³/mol. The zero-order chi connectivity index (χ0) is 10.7. The summed E-state index contributed by atoms with van der Waals surface area (Å²) >= 11 is 0. The van der Waals surface area contributed by atoms with Crippen LogP contribution in [0, 0.1) is 11.6 Å². The number of hydrogen-bond acceptors (Lipinski definition) is 2. The fourth-order valence-corrected chi connectivity index (χ4v) is 0.968. The van der Waals surface area contributed by atoms with Crippen molar-refractivity contribution in [3.05, 3.63) is 29.3 Å². The van der Waals surface area contributed by atoms with E-state index in [-0.39, 0.29) is 6.41 Å². The lowest BCUT2D eigenvalue weighted by Gasteiger charge is -2.05. The van der Waals surface area contributed by atoms with Crippen molar-refractivity contribution < 1.29 is 23.5 Å². The maximum absolute atomic E-state index is 12.9. The lowest BCUT2D eigenvalue weighted by Crippen LogP contribution is -2.08. The molecular weight excluding hydrogens is 196 g/mol. The van der Waals surface area contributed by atoms with Gasteiger partial charge in [-0.15, -0.1) is 0 Å². The van der Waals surface area contributed by atoms with Crippen LogP contribution in [-0.2, 0) is 4.79 Å². The molecule has 0 saturated heterocycles. The maximum Gasteiger partial charge on any atom is 0.340 e. The van der Waals surface area contributed by atoms with Crippen molar-refractivity contribution in [2.75, 3.05) is 5.32 Å². The van der Waals surface area contributed by atoms with Gasteiger partial charge in [-0.3, -0.25) is 4.79 Å². The second-order valence-electron chi connectivity index (χ2n) is 2.38. The normalized spacial score (nSPS) is 9.57. The van der Waals surface area contributed by atoms with Crippen LogP contribution in [0.1, 0.15) is 10.4 Å². The zero-order valence-electron chi connectivity index (χ0n) is 6.75. The molecule has 4 nitrogen and oxygen atoms in total. The molecule has 1 amide bonds. The molecule has 1 aromatic carbocycles. The van der Waals surface area contributed by atoms with Crippen LogP contribution in [0.5, 0.6) is 0 Å². The van der Waals surface area contributed by atoms with Gasteiger partial charge in [0.05, 0.1) is 5.69 Å². The van der Waals surface area contributed by atoms with Gasteiger partial charge < -0.3 is 10.4 Å². The third-order valence-electron chi connectivity index (χ3n) is 1.48. The van der Waals surface area contributed by atoms with E-state index >= 15 is 0 Å². The Hall–Kier alpha value is -1.98. The van der Waals surface area contributed by atoms with Crippen LogP contribution in [0.3, 0.4) is 0 Å². The Balaban J connectivity index is 3.35. The number of nitrogens with one attached hydrogen (secondary N) is 1. The van der Waals surface area contributed by atoms with Crippen LogP contribution in [0.2, 0.25) is 0 Å². The summed E-state index contributed by atoms with van der Waals surface area (Å²) in [5.41, 5.74) is -1.18. The Kier molecular flexibility index (Phi) is 2.76. The number of hydrogen-bond donors (Lipinski definition) is 2. The van der Waals surface area contributed by atoms with Crippen LogP contribution in [0.15, 0.2) is 12.1 Å². The number of halogens is 2. The smallest absolute Gasteiger partial charge is 0.340 e. The van der Waals surface area contributed by atoms with E-state index in [1.807, 2.05) is 5.32 Å². The number of carboxylic acid groups (broad SMARTS) is 1. The van der Waals surface area contributed by atoms with Gasteiger partial charge in [0, 0.05) is 6.07 Å². The SMILES string of the molecule is O=CNc1cc(F)cc(F)c1C(=O)O. The Labute approximate surface area is 77.2 Å². The fourth-order valence-electron chi connectivity index (χ4n) is 0.968. The van der Waals surface area contributed by atoms with Gasteiger partial charge >= 0.3 is 5.97 Å². The van der Waals surface area contributed by atoms with Crippen LogP contribution in [-0.4, -0.2) is 17.5 Å². The molecule has 0 spiro atoms. The number of carboxylic acids is 1. The van der Waals surface area contributed by atoms with Crippen molar-refractivity contribution in [3.63, 3.8) is 0 Å². The number of rotatable bonds is 3. The van der Waals surface area contributed by atoms with E-state index in [0.717, 1.165) is 6.07 Å². The highest BCUT2D eigenvalue weighted by atomic mass is 19.1. The van der Waals surface area contributed by atoms with Crippen LogP contribution in [0.25, 0.3) is 0 Å². The number of anilines is 1. The van der Waals surface area contributed by atoms with Crippen molar-refractivity contribution >= 4 is 18.1 Å². The second kappa shape index (κ2) is 3.82. The molecule has 1 rings (SSSR count). The molecule has 0 aliphatic rings. The first kappa shape index (κ1) is 10.1. The molecule has 0 aliphatic heterocycles. The molecule has 2 N–H and O–H groups in total. The Bertz CT molecular complexity index is 392. The minimum Gasteiger partial charge on any atom is -0.478 e. The topological polar surface area (TPSA) is 66.4 Å². The molecule has 0 aliphatic carbocycles. The van der Waals surface area contributed by atoms with E-state index in [1.54, 1.807) is 0 Å². The summed E-state index contributed by atoms with van der Waals surface area (Å²) in [4.78, 5) is 20.5. The highest BCUT2D eigenvalue weighted by Gasteiger charge is 2.17. The van der Waals surface area contributed by atoms with E-state index in [9.17, 15) is 18.4 Å². The number of amides is 1. The largest absolute Gasteiger partial charge is 0.478 e. The second-order valence-corrected chi connectivity index (χ2v) is 2.38.